The van der Waals surface area contributed by atoms with E-state index in [-0.39, 0.29) is 17.5 Å². The van der Waals surface area contributed by atoms with Crippen molar-refractivity contribution in [3.8, 4) is 5.75 Å². The lowest BCUT2D eigenvalue weighted by Crippen LogP contribution is -2.32. The molecule has 7 N–H and O–H groups in total. The highest BCUT2D eigenvalue weighted by atomic mass is 32.2. The number of nitrogens with zero attached hydrogens (tertiary/aromatic N) is 1. The van der Waals surface area contributed by atoms with E-state index in [1.54, 1.807) is 36.4 Å². The van der Waals surface area contributed by atoms with Crippen LogP contribution < -0.4 is 31.1 Å². The Morgan fingerprint density at radius 2 is 1.71 bits per heavy atom. The zero-order valence-corrected chi connectivity index (χ0v) is 24.1. The first-order valence-corrected chi connectivity index (χ1v) is 15.2. The summed E-state index contributed by atoms with van der Waals surface area (Å²) in [6.45, 7) is 3.84. The van der Waals surface area contributed by atoms with E-state index >= 15 is 0 Å². The number of ether oxygens (including phenoxy) is 1. The SMILES string of the molecule is CCCCCCNC(=O)Nc1ccc(S(=O)(=O)Nc2ccc(CCNC[C@H](O)COc3ccc(N)nc3)cc2)cc1. The number of anilines is 3. The Balaban J connectivity index is 1.37. The summed E-state index contributed by atoms with van der Waals surface area (Å²) in [7, 11) is -3.79. The molecule has 3 rings (SSSR count). The molecule has 11 nitrogen and oxygen atoms in total. The lowest BCUT2D eigenvalue weighted by atomic mass is 10.1. The van der Waals surface area contributed by atoms with Gasteiger partial charge in [-0.1, -0.05) is 38.3 Å². The standard InChI is InChI=1S/C29H40N6O5S/c1-2-3-4-5-17-32-29(37)34-23-10-13-27(14-11-23)41(38,39)35-24-8-6-22(7-9-24)16-18-31-19-25(36)21-40-26-12-15-28(30)33-20-26/h6-15,20,25,31,35-36H,2-5,16-19,21H2,1H3,(H2,30,33)(H2,32,34,37)/t25-/m0/s1. The third kappa shape index (κ3) is 11.6. The molecule has 0 aliphatic rings. The smallest absolute Gasteiger partial charge is 0.319 e. The van der Waals surface area contributed by atoms with Crippen LogP contribution in [0.2, 0.25) is 0 Å². The molecular formula is C29H40N6O5S. The Bertz CT molecular complexity index is 1300. The molecule has 0 aliphatic heterocycles. The Labute approximate surface area is 242 Å². The van der Waals surface area contributed by atoms with Crippen LogP contribution in [0.5, 0.6) is 5.75 Å². The molecule has 2 aromatic carbocycles. The van der Waals surface area contributed by atoms with Crippen LogP contribution in [0.4, 0.5) is 22.0 Å². The van der Waals surface area contributed by atoms with Crippen LogP contribution in [0.15, 0.2) is 71.8 Å². The lowest BCUT2D eigenvalue weighted by Gasteiger charge is -2.13. The largest absolute Gasteiger partial charge is 0.489 e. The number of pyridine rings is 1. The van der Waals surface area contributed by atoms with Crippen LogP contribution in [0, 0.1) is 0 Å². The molecule has 12 heteroatoms. The lowest BCUT2D eigenvalue weighted by molar-refractivity contribution is 0.106. The maximum atomic E-state index is 12.8. The summed E-state index contributed by atoms with van der Waals surface area (Å²) in [5, 5.41) is 18.8. The van der Waals surface area contributed by atoms with Gasteiger partial charge in [0.15, 0.2) is 0 Å². The highest BCUT2D eigenvalue weighted by molar-refractivity contribution is 7.92. The number of rotatable bonds is 17. The zero-order chi connectivity index (χ0) is 29.5. The van der Waals surface area contributed by atoms with E-state index in [9.17, 15) is 18.3 Å². The summed E-state index contributed by atoms with van der Waals surface area (Å²) in [5.74, 6) is 0.940. The highest BCUT2D eigenvalue weighted by Gasteiger charge is 2.14. The highest BCUT2D eigenvalue weighted by Crippen LogP contribution is 2.19. The van der Waals surface area contributed by atoms with Gasteiger partial charge < -0.3 is 31.5 Å². The quantitative estimate of drug-likeness (QED) is 0.130. The fourth-order valence-electron chi connectivity index (χ4n) is 3.83. The maximum absolute atomic E-state index is 12.8. The number of unbranched alkanes of at least 4 members (excludes halogenated alkanes) is 3. The number of aliphatic hydroxyl groups excluding tert-OH is 1. The van der Waals surface area contributed by atoms with Gasteiger partial charge in [-0.2, -0.15) is 0 Å². The number of nitrogen functional groups attached to an aromatic ring is 1. The van der Waals surface area contributed by atoms with Gasteiger partial charge in [-0.3, -0.25) is 4.72 Å². The number of nitrogens with one attached hydrogen (secondary N) is 4. The summed E-state index contributed by atoms with van der Waals surface area (Å²) in [4.78, 5) is 16.0. The molecule has 0 bridgehead atoms. The van der Waals surface area contributed by atoms with Crippen molar-refractivity contribution in [2.45, 2.75) is 50.0 Å². The van der Waals surface area contributed by atoms with Gasteiger partial charge in [-0.05, 0) is 73.5 Å². The number of aromatic nitrogens is 1. The van der Waals surface area contributed by atoms with Crippen LogP contribution >= 0.6 is 0 Å². The summed E-state index contributed by atoms with van der Waals surface area (Å²) < 4.78 is 33.7. The van der Waals surface area contributed by atoms with E-state index in [1.807, 2.05) is 12.1 Å². The number of nitrogens with two attached hydrogens (primary N) is 1. The van der Waals surface area contributed by atoms with Gasteiger partial charge in [0, 0.05) is 24.5 Å². The van der Waals surface area contributed by atoms with Crippen LogP contribution in [0.1, 0.15) is 38.2 Å². The second-order valence-corrected chi connectivity index (χ2v) is 11.3. The molecule has 0 saturated carbocycles. The molecular weight excluding hydrogens is 544 g/mol. The Hall–Kier alpha value is -3.87. The molecule has 0 fully saturated rings. The predicted octanol–water partition coefficient (Wildman–Crippen LogP) is 3.74. The van der Waals surface area contributed by atoms with E-state index in [0.29, 0.717) is 49.0 Å². The molecule has 3 aromatic rings. The Morgan fingerprint density at radius 3 is 2.39 bits per heavy atom. The number of hydrogen-bond donors (Lipinski definition) is 6. The molecule has 41 heavy (non-hydrogen) atoms. The Morgan fingerprint density at radius 1 is 0.976 bits per heavy atom. The first-order chi connectivity index (χ1) is 19.7. The van der Waals surface area contributed by atoms with Crippen molar-refractivity contribution < 1.29 is 23.1 Å². The third-order valence-electron chi connectivity index (χ3n) is 6.12. The number of aliphatic hydroxyl groups is 1. The zero-order valence-electron chi connectivity index (χ0n) is 23.3. The molecule has 1 heterocycles. The van der Waals surface area contributed by atoms with Gasteiger partial charge in [0.2, 0.25) is 0 Å². The molecule has 0 unspecified atom stereocenters. The van der Waals surface area contributed by atoms with Gasteiger partial charge in [0.25, 0.3) is 10.0 Å². The van der Waals surface area contributed by atoms with E-state index in [2.05, 4.69) is 32.6 Å². The molecule has 0 radical (unpaired) electrons. The number of benzene rings is 2. The number of amides is 2. The van der Waals surface area contributed by atoms with Gasteiger partial charge in [0.05, 0.1) is 11.1 Å². The average molecular weight is 585 g/mol. The topological polar surface area (TPSA) is 168 Å². The van der Waals surface area contributed by atoms with Crippen LogP contribution in [0.3, 0.4) is 0 Å². The molecule has 2 amide bonds. The minimum Gasteiger partial charge on any atom is -0.489 e. The normalized spacial score (nSPS) is 12.0. The van der Waals surface area contributed by atoms with Crippen molar-refractivity contribution in [2.24, 2.45) is 0 Å². The number of sulfonamides is 1. The number of carbonyl (C=O) groups is 1. The summed E-state index contributed by atoms with van der Waals surface area (Å²) in [5.41, 5.74) is 7.50. The van der Waals surface area contributed by atoms with Crippen molar-refractivity contribution in [3.63, 3.8) is 0 Å². The molecule has 222 valence electrons. The van der Waals surface area contributed by atoms with Gasteiger partial charge in [0.1, 0.15) is 24.3 Å². The maximum Gasteiger partial charge on any atom is 0.319 e. The minimum atomic E-state index is -3.79. The van der Waals surface area contributed by atoms with Crippen molar-refractivity contribution in [1.82, 2.24) is 15.6 Å². The minimum absolute atomic E-state index is 0.0893. The fourth-order valence-corrected chi connectivity index (χ4v) is 4.89. The van der Waals surface area contributed by atoms with Crippen LogP contribution in [-0.4, -0.2) is 56.9 Å². The monoisotopic (exact) mass is 584 g/mol. The molecule has 0 saturated heterocycles. The second-order valence-electron chi connectivity index (χ2n) is 9.61. The summed E-state index contributed by atoms with van der Waals surface area (Å²) >= 11 is 0. The van der Waals surface area contributed by atoms with E-state index < -0.39 is 16.1 Å². The number of carbonyl (C=O) groups excluding carboxylic acids is 1. The van der Waals surface area contributed by atoms with Crippen molar-refractivity contribution in [2.75, 3.05) is 42.0 Å². The van der Waals surface area contributed by atoms with Crippen molar-refractivity contribution >= 4 is 33.2 Å². The fraction of sp³-hybridized carbons (Fsp3) is 0.379. The van der Waals surface area contributed by atoms with E-state index in [0.717, 1.165) is 31.2 Å². The van der Waals surface area contributed by atoms with E-state index in [4.69, 9.17) is 10.5 Å². The first-order valence-electron chi connectivity index (χ1n) is 13.7. The van der Waals surface area contributed by atoms with E-state index in [1.165, 1.54) is 18.3 Å². The van der Waals surface area contributed by atoms with Gasteiger partial charge in [-0.15, -0.1) is 0 Å². The summed E-state index contributed by atoms with van der Waals surface area (Å²) in [6.07, 6.45) is 5.79. The van der Waals surface area contributed by atoms with Crippen molar-refractivity contribution in [1.29, 1.82) is 0 Å². The molecule has 0 aliphatic carbocycles. The Kier molecular flexibility index (Phi) is 12.7. The van der Waals surface area contributed by atoms with Crippen LogP contribution in [0.25, 0.3) is 0 Å². The summed E-state index contributed by atoms with van der Waals surface area (Å²) in [6, 6.07) is 16.1. The molecule has 1 atom stereocenters. The molecule has 0 spiro atoms. The van der Waals surface area contributed by atoms with Crippen molar-refractivity contribution in [3.05, 3.63) is 72.4 Å². The number of urea groups is 1. The molecule has 1 aromatic heterocycles. The third-order valence-corrected chi connectivity index (χ3v) is 7.51. The van der Waals surface area contributed by atoms with Crippen LogP contribution in [-0.2, 0) is 16.4 Å². The predicted molar refractivity (Wildman–Crippen MR) is 162 cm³/mol. The second kappa shape index (κ2) is 16.4. The van der Waals surface area contributed by atoms with Gasteiger partial charge in [-0.25, -0.2) is 18.2 Å². The number of hydrogen-bond acceptors (Lipinski definition) is 8. The average Bonchev–Trinajstić information content (AvgIpc) is 2.96. The first kappa shape index (κ1) is 31.7. The van der Waals surface area contributed by atoms with Gasteiger partial charge >= 0.3 is 6.03 Å².